The normalized spacial score (nSPS) is 29.6. The molecule has 20 heavy (non-hydrogen) atoms. The Kier molecular flexibility index (Phi) is 5.84. The first-order chi connectivity index (χ1) is 9.62. The number of hydrogen-bond acceptors (Lipinski definition) is 4. The fourth-order valence-corrected chi connectivity index (χ4v) is 3.97. The van der Waals surface area contributed by atoms with E-state index in [4.69, 9.17) is 14.2 Å². The number of methoxy groups -OCH3 is 1. The van der Waals surface area contributed by atoms with E-state index in [1.807, 2.05) is 7.11 Å². The molecule has 0 aromatic rings. The van der Waals surface area contributed by atoms with E-state index in [0.29, 0.717) is 17.9 Å². The predicted molar refractivity (Wildman–Crippen MR) is 79.9 cm³/mol. The zero-order chi connectivity index (χ0) is 14.6. The van der Waals surface area contributed by atoms with Crippen LogP contribution in [-0.2, 0) is 14.2 Å². The van der Waals surface area contributed by atoms with Crippen LogP contribution in [0, 0.1) is 11.8 Å². The maximum atomic E-state index is 6.16. The quantitative estimate of drug-likeness (QED) is 0.841. The van der Waals surface area contributed by atoms with Gasteiger partial charge in [-0.3, -0.25) is 0 Å². The lowest BCUT2D eigenvalue weighted by atomic mass is 9.75. The van der Waals surface area contributed by atoms with Crippen molar-refractivity contribution in [2.75, 3.05) is 34.0 Å². The van der Waals surface area contributed by atoms with E-state index in [-0.39, 0.29) is 11.7 Å². The first-order valence-corrected chi connectivity index (χ1v) is 8.03. The molecule has 2 fully saturated rings. The average Bonchev–Trinajstić information content (AvgIpc) is 2.45. The van der Waals surface area contributed by atoms with Gasteiger partial charge >= 0.3 is 0 Å². The standard InChI is InChI=1S/C16H31NO3/c1-12(2)15(18-4)14(17-3)13-5-8-20-16(11-13)6-9-19-10-7-16/h12-15,17H,5-11H2,1-4H3. The largest absolute Gasteiger partial charge is 0.381 e. The molecule has 2 rings (SSSR count). The fourth-order valence-electron chi connectivity index (χ4n) is 3.97. The highest BCUT2D eigenvalue weighted by molar-refractivity contribution is 4.95. The van der Waals surface area contributed by atoms with Crippen LogP contribution in [0.15, 0.2) is 0 Å². The Balaban J connectivity index is 2.05. The predicted octanol–water partition coefficient (Wildman–Crippen LogP) is 2.22. The third kappa shape index (κ3) is 3.53. The van der Waals surface area contributed by atoms with Crippen molar-refractivity contribution in [3.05, 3.63) is 0 Å². The van der Waals surface area contributed by atoms with E-state index in [1.54, 1.807) is 0 Å². The second-order valence-corrected chi connectivity index (χ2v) is 6.66. The molecule has 0 bridgehead atoms. The van der Waals surface area contributed by atoms with Gasteiger partial charge in [-0.05, 0) is 44.6 Å². The minimum atomic E-state index is 0.0610. The van der Waals surface area contributed by atoms with Gasteiger partial charge in [-0.2, -0.15) is 0 Å². The summed E-state index contributed by atoms with van der Waals surface area (Å²) in [5.74, 6) is 1.14. The van der Waals surface area contributed by atoms with E-state index < -0.39 is 0 Å². The third-order valence-electron chi connectivity index (χ3n) is 5.06. The topological polar surface area (TPSA) is 39.7 Å². The summed E-state index contributed by atoms with van der Waals surface area (Å²) < 4.78 is 17.4. The van der Waals surface area contributed by atoms with Crippen LogP contribution in [0.3, 0.4) is 0 Å². The molecule has 2 aliphatic rings. The molecule has 0 aromatic heterocycles. The lowest BCUT2D eigenvalue weighted by Gasteiger charge is -2.46. The van der Waals surface area contributed by atoms with Gasteiger partial charge in [-0.15, -0.1) is 0 Å². The lowest BCUT2D eigenvalue weighted by Crippen LogP contribution is -2.53. The van der Waals surface area contributed by atoms with Crippen LogP contribution in [0.25, 0.3) is 0 Å². The van der Waals surface area contributed by atoms with Crippen molar-refractivity contribution in [1.29, 1.82) is 0 Å². The van der Waals surface area contributed by atoms with Gasteiger partial charge in [0.15, 0.2) is 0 Å². The number of nitrogens with one attached hydrogen (secondary N) is 1. The number of rotatable bonds is 5. The van der Waals surface area contributed by atoms with Crippen LogP contribution in [0.1, 0.15) is 39.5 Å². The summed E-state index contributed by atoms with van der Waals surface area (Å²) in [6.45, 7) is 7.03. The molecule has 0 aromatic carbocycles. The molecule has 2 aliphatic heterocycles. The Morgan fingerprint density at radius 1 is 1.20 bits per heavy atom. The third-order valence-corrected chi connectivity index (χ3v) is 5.06. The van der Waals surface area contributed by atoms with Crippen molar-refractivity contribution in [2.24, 2.45) is 11.8 Å². The van der Waals surface area contributed by atoms with Crippen molar-refractivity contribution in [1.82, 2.24) is 5.32 Å². The van der Waals surface area contributed by atoms with Gasteiger partial charge in [-0.1, -0.05) is 13.8 Å². The Bertz CT molecular complexity index is 284. The SMILES string of the molecule is CNC(C1CCOC2(CCOCC2)C1)C(OC)C(C)C. The molecule has 4 heteroatoms. The molecule has 0 aliphatic carbocycles. The molecule has 2 saturated heterocycles. The van der Waals surface area contributed by atoms with Crippen LogP contribution < -0.4 is 5.32 Å². The molecule has 2 heterocycles. The van der Waals surface area contributed by atoms with Crippen molar-refractivity contribution in [3.63, 3.8) is 0 Å². The summed E-state index contributed by atoms with van der Waals surface area (Å²) in [6, 6.07) is 0.406. The van der Waals surface area contributed by atoms with Crippen molar-refractivity contribution < 1.29 is 14.2 Å². The highest BCUT2D eigenvalue weighted by Crippen LogP contribution is 2.39. The first-order valence-electron chi connectivity index (χ1n) is 8.03. The van der Waals surface area contributed by atoms with Crippen LogP contribution >= 0.6 is 0 Å². The zero-order valence-corrected chi connectivity index (χ0v) is 13.5. The van der Waals surface area contributed by atoms with Crippen LogP contribution in [0.5, 0.6) is 0 Å². The highest BCUT2D eigenvalue weighted by Gasteiger charge is 2.43. The van der Waals surface area contributed by atoms with E-state index in [2.05, 4.69) is 26.2 Å². The molecule has 0 saturated carbocycles. The Morgan fingerprint density at radius 3 is 2.45 bits per heavy atom. The van der Waals surface area contributed by atoms with Crippen molar-refractivity contribution in [2.45, 2.75) is 57.3 Å². The molecule has 1 N–H and O–H groups in total. The van der Waals surface area contributed by atoms with Gasteiger partial charge in [0.1, 0.15) is 0 Å². The molecule has 1 spiro atoms. The molecule has 4 nitrogen and oxygen atoms in total. The van der Waals surface area contributed by atoms with Gasteiger partial charge in [0.2, 0.25) is 0 Å². The molecule has 0 amide bonds. The fraction of sp³-hybridized carbons (Fsp3) is 1.00. The molecular formula is C16H31NO3. The van der Waals surface area contributed by atoms with Gasteiger partial charge in [-0.25, -0.2) is 0 Å². The molecule has 118 valence electrons. The van der Waals surface area contributed by atoms with E-state index >= 15 is 0 Å². The summed E-state index contributed by atoms with van der Waals surface area (Å²) in [4.78, 5) is 0. The number of ether oxygens (including phenoxy) is 3. The number of likely N-dealkylation sites (N-methyl/N-ethyl adjacent to an activating group) is 1. The Morgan fingerprint density at radius 2 is 1.90 bits per heavy atom. The van der Waals surface area contributed by atoms with E-state index in [0.717, 1.165) is 45.5 Å². The second kappa shape index (κ2) is 7.21. The highest BCUT2D eigenvalue weighted by atomic mass is 16.5. The van der Waals surface area contributed by atoms with Crippen LogP contribution in [0.4, 0.5) is 0 Å². The minimum Gasteiger partial charge on any atom is -0.381 e. The van der Waals surface area contributed by atoms with Gasteiger partial charge in [0.25, 0.3) is 0 Å². The summed E-state index contributed by atoms with van der Waals surface area (Å²) in [5.41, 5.74) is 0.0610. The first kappa shape index (κ1) is 16.2. The molecule has 0 radical (unpaired) electrons. The molecular weight excluding hydrogens is 254 g/mol. The Hall–Kier alpha value is -0.160. The Labute approximate surface area is 123 Å². The average molecular weight is 285 g/mol. The van der Waals surface area contributed by atoms with Crippen LogP contribution in [0.2, 0.25) is 0 Å². The van der Waals surface area contributed by atoms with Gasteiger partial charge < -0.3 is 19.5 Å². The summed E-state index contributed by atoms with van der Waals surface area (Å²) >= 11 is 0. The minimum absolute atomic E-state index is 0.0610. The summed E-state index contributed by atoms with van der Waals surface area (Å²) in [7, 11) is 3.89. The lowest BCUT2D eigenvalue weighted by molar-refractivity contribution is -0.155. The van der Waals surface area contributed by atoms with Gasteiger partial charge in [0, 0.05) is 33.0 Å². The van der Waals surface area contributed by atoms with Crippen molar-refractivity contribution in [3.8, 4) is 0 Å². The maximum Gasteiger partial charge on any atom is 0.0749 e. The van der Waals surface area contributed by atoms with Crippen LogP contribution in [-0.4, -0.2) is 51.7 Å². The van der Waals surface area contributed by atoms with Crippen molar-refractivity contribution >= 4 is 0 Å². The maximum absolute atomic E-state index is 6.16. The smallest absolute Gasteiger partial charge is 0.0749 e. The van der Waals surface area contributed by atoms with E-state index in [9.17, 15) is 0 Å². The van der Waals surface area contributed by atoms with Gasteiger partial charge in [0.05, 0.1) is 11.7 Å². The monoisotopic (exact) mass is 285 g/mol. The summed E-state index contributed by atoms with van der Waals surface area (Å²) in [5, 5.41) is 3.51. The zero-order valence-electron chi connectivity index (χ0n) is 13.5. The molecule has 3 unspecified atom stereocenters. The number of hydrogen-bond donors (Lipinski definition) is 1. The molecule has 3 atom stereocenters. The second-order valence-electron chi connectivity index (χ2n) is 6.66. The van der Waals surface area contributed by atoms with E-state index in [1.165, 1.54) is 0 Å². The summed E-state index contributed by atoms with van der Waals surface area (Å²) in [6.07, 6.45) is 4.60.